The van der Waals surface area contributed by atoms with Gasteiger partial charge in [-0.25, -0.2) is 18.0 Å². The fourth-order valence-corrected chi connectivity index (χ4v) is 2.46. The van der Waals surface area contributed by atoms with Crippen LogP contribution in [0.1, 0.15) is 12.1 Å². The van der Waals surface area contributed by atoms with Crippen LogP contribution in [0.3, 0.4) is 0 Å². The SMILES string of the molecule is Cn1cc(OC(=O)Nc2ccccc2-c2ccccc2F)c(C(F)F)n1. The molecule has 8 heteroatoms. The van der Waals surface area contributed by atoms with Crippen molar-refractivity contribution < 1.29 is 22.7 Å². The first-order valence-electron chi connectivity index (χ1n) is 7.60. The zero-order chi connectivity index (χ0) is 18.7. The number of nitrogens with zero attached hydrogens (tertiary/aromatic N) is 2. The molecule has 0 bridgehead atoms. The largest absolute Gasteiger partial charge is 0.417 e. The van der Waals surface area contributed by atoms with Gasteiger partial charge in [-0.1, -0.05) is 36.4 Å². The molecular weight excluding hydrogens is 347 g/mol. The Kier molecular flexibility index (Phi) is 4.92. The van der Waals surface area contributed by atoms with Gasteiger partial charge in [0.1, 0.15) is 5.82 Å². The Morgan fingerprint density at radius 3 is 2.46 bits per heavy atom. The molecule has 0 fully saturated rings. The number of hydrogen-bond donors (Lipinski definition) is 1. The van der Waals surface area contributed by atoms with Crippen LogP contribution in [0.25, 0.3) is 11.1 Å². The number of carbonyl (C=O) groups excluding carboxylic acids is 1. The molecule has 0 saturated carbocycles. The fourth-order valence-electron chi connectivity index (χ4n) is 2.46. The van der Waals surface area contributed by atoms with E-state index in [4.69, 9.17) is 4.74 Å². The Morgan fingerprint density at radius 2 is 1.77 bits per heavy atom. The first-order valence-corrected chi connectivity index (χ1v) is 7.60. The molecular formula is C18H14F3N3O2. The van der Waals surface area contributed by atoms with Crippen molar-refractivity contribution in [1.82, 2.24) is 9.78 Å². The van der Waals surface area contributed by atoms with E-state index in [0.29, 0.717) is 5.56 Å². The summed E-state index contributed by atoms with van der Waals surface area (Å²) < 4.78 is 46.0. The number of alkyl halides is 2. The molecule has 0 aliphatic rings. The minimum Gasteiger partial charge on any atom is -0.406 e. The van der Waals surface area contributed by atoms with Gasteiger partial charge in [0.15, 0.2) is 11.4 Å². The van der Waals surface area contributed by atoms with Crippen molar-refractivity contribution in [3.05, 3.63) is 66.2 Å². The Balaban J connectivity index is 1.84. The molecule has 1 aromatic heterocycles. The van der Waals surface area contributed by atoms with Crippen molar-refractivity contribution in [2.75, 3.05) is 5.32 Å². The van der Waals surface area contributed by atoms with Crippen molar-refractivity contribution in [1.29, 1.82) is 0 Å². The summed E-state index contributed by atoms with van der Waals surface area (Å²) in [4.78, 5) is 12.1. The van der Waals surface area contributed by atoms with E-state index in [1.807, 2.05) is 0 Å². The van der Waals surface area contributed by atoms with Crippen molar-refractivity contribution in [2.24, 2.45) is 7.05 Å². The van der Waals surface area contributed by atoms with E-state index in [1.54, 1.807) is 42.5 Å². The van der Waals surface area contributed by atoms with Crippen LogP contribution >= 0.6 is 0 Å². The molecule has 3 aromatic rings. The Hall–Kier alpha value is -3.29. The summed E-state index contributed by atoms with van der Waals surface area (Å²) in [5, 5.41) is 6.01. The minimum absolute atomic E-state index is 0.282. The maximum atomic E-state index is 14.0. The van der Waals surface area contributed by atoms with E-state index < -0.39 is 24.0 Å². The van der Waals surface area contributed by atoms with Crippen LogP contribution in [0.2, 0.25) is 0 Å². The van der Waals surface area contributed by atoms with Gasteiger partial charge in [0, 0.05) is 18.2 Å². The Morgan fingerprint density at radius 1 is 1.12 bits per heavy atom. The van der Waals surface area contributed by atoms with Crippen LogP contribution in [0, 0.1) is 5.82 Å². The molecule has 1 N–H and O–H groups in total. The topological polar surface area (TPSA) is 56.1 Å². The zero-order valence-corrected chi connectivity index (χ0v) is 13.6. The van der Waals surface area contributed by atoms with Crippen molar-refractivity contribution in [3.8, 4) is 16.9 Å². The number of aryl methyl sites for hydroxylation is 1. The highest BCUT2D eigenvalue weighted by Crippen LogP contribution is 2.31. The summed E-state index contributed by atoms with van der Waals surface area (Å²) in [5.74, 6) is -0.800. The number of ether oxygens (including phenoxy) is 1. The molecule has 0 unspecified atom stereocenters. The average molecular weight is 361 g/mol. The molecule has 0 radical (unpaired) electrons. The number of carbonyl (C=O) groups is 1. The first-order chi connectivity index (χ1) is 12.5. The fraction of sp³-hybridized carbons (Fsp3) is 0.111. The second-order valence-corrected chi connectivity index (χ2v) is 5.39. The van der Waals surface area contributed by atoms with Crippen LogP contribution in [0.4, 0.5) is 23.7 Å². The van der Waals surface area contributed by atoms with Crippen LogP contribution in [0.5, 0.6) is 5.75 Å². The highest BCUT2D eigenvalue weighted by Gasteiger charge is 2.21. The predicted octanol–water partition coefficient (Wildman–Crippen LogP) is 4.77. The molecule has 5 nitrogen and oxygen atoms in total. The number of anilines is 1. The van der Waals surface area contributed by atoms with Gasteiger partial charge >= 0.3 is 6.09 Å². The molecule has 26 heavy (non-hydrogen) atoms. The third-order valence-corrected chi connectivity index (χ3v) is 3.56. The molecule has 2 aromatic carbocycles. The normalized spacial score (nSPS) is 10.8. The van der Waals surface area contributed by atoms with E-state index in [9.17, 15) is 18.0 Å². The Bertz CT molecular complexity index is 941. The lowest BCUT2D eigenvalue weighted by Crippen LogP contribution is -2.17. The average Bonchev–Trinajstić information content (AvgIpc) is 2.96. The van der Waals surface area contributed by atoms with Gasteiger partial charge < -0.3 is 4.74 Å². The first kappa shape index (κ1) is 17.5. The van der Waals surface area contributed by atoms with Gasteiger partial charge in [-0.05, 0) is 12.1 Å². The third kappa shape index (κ3) is 3.69. The molecule has 0 saturated heterocycles. The number of nitrogens with one attached hydrogen (secondary N) is 1. The molecule has 3 rings (SSSR count). The van der Waals surface area contributed by atoms with Gasteiger partial charge in [-0.3, -0.25) is 10.00 Å². The van der Waals surface area contributed by atoms with E-state index in [2.05, 4.69) is 10.4 Å². The zero-order valence-electron chi connectivity index (χ0n) is 13.6. The van der Waals surface area contributed by atoms with Gasteiger partial charge in [-0.15, -0.1) is 0 Å². The summed E-state index contributed by atoms with van der Waals surface area (Å²) in [6, 6.07) is 12.6. The summed E-state index contributed by atoms with van der Waals surface area (Å²) in [7, 11) is 1.43. The summed E-state index contributed by atoms with van der Waals surface area (Å²) >= 11 is 0. The molecule has 0 aliphatic carbocycles. The van der Waals surface area contributed by atoms with Gasteiger partial charge in [-0.2, -0.15) is 5.10 Å². The lowest BCUT2D eigenvalue weighted by Gasteiger charge is -2.12. The molecule has 0 spiro atoms. The second kappa shape index (κ2) is 7.30. The van der Waals surface area contributed by atoms with E-state index in [0.717, 1.165) is 4.68 Å². The lowest BCUT2D eigenvalue weighted by molar-refractivity contribution is 0.141. The summed E-state index contributed by atoms with van der Waals surface area (Å²) in [6.45, 7) is 0. The van der Waals surface area contributed by atoms with Gasteiger partial charge in [0.25, 0.3) is 6.43 Å². The summed E-state index contributed by atoms with van der Waals surface area (Å²) in [5.41, 5.74) is 0.371. The van der Waals surface area contributed by atoms with E-state index in [-0.39, 0.29) is 17.0 Å². The molecule has 1 heterocycles. The highest BCUT2D eigenvalue weighted by atomic mass is 19.3. The highest BCUT2D eigenvalue weighted by molar-refractivity contribution is 5.92. The van der Waals surface area contributed by atoms with Crippen LogP contribution in [-0.4, -0.2) is 15.9 Å². The summed E-state index contributed by atoms with van der Waals surface area (Å²) in [6.07, 6.45) is -2.70. The number of rotatable bonds is 4. The number of para-hydroxylation sites is 1. The van der Waals surface area contributed by atoms with Gasteiger partial charge in [0.2, 0.25) is 0 Å². The second-order valence-electron chi connectivity index (χ2n) is 5.39. The van der Waals surface area contributed by atoms with Crippen LogP contribution in [-0.2, 0) is 7.05 Å². The monoisotopic (exact) mass is 361 g/mol. The van der Waals surface area contributed by atoms with Crippen LogP contribution in [0.15, 0.2) is 54.7 Å². The number of hydrogen-bond acceptors (Lipinski definition) is 3. The molecule has 1 amide bonds. The molecule has 0 atom stereocenters. The minimum atomic E-state index is -2.88. The number of benzene rings is 2. The number of aromatic nitrogens is 2. The molecule has 134 valence electrons. The lowest BCUT2D eigenvalue weighted by atomic mass is 10.0. The van der Waals surface area contributed by atoms with E-state index in [1.165, 1.54) is 19.3 Å². The van der Waals surface area contributed by atoms with Crippen molar-refractivity contribution in [2.45, 2.75) is 6.43 Å². The molecule has 0 aliphatic heterocycles. The number of amides is 1. The predicted molar refractivity (Wildman–Crippen MR) is 89.6 cm³/mol. The number of halogens is 3. The Labute approximate surface area is 147 Å². The van der Waals surface area contributed by atoms with Gasteiger partial charge in [0.05, 0.1) is 11.9 Å². The van der Waals surface area contributed by atoms with Crippen LogP contribution < -0.4 is 10.1 Å². The van der Waals surface area contributed by atoms with Crippen molar-refractivity contribution in [3.63, 3.8) is 0 Å². The quantitative estimate of drug-likeness (QED) is 0.728. The van der Waals surface area contributed by atoms with E-state index >= 15 is 0 Å². The standard InChI is InChI=1S/C18H14F3N3O2/c1-24-10-15(16(23-24)17(20)21)26-18(25)22-14-9-5-3-7-12(14)11-6-2-4-8-13(11)19/h2-10,17H,1H3,(H,22,25). The third-order valence-electron chi connectivity index (χ3n) is 3.56. The van der Waals surface area contributed by atoms with Crippen molar-refractivity contribution >= 4 is 11.8 Å². The maximum Gasteiger partial charge on any atom is 0.417 e. The maximum absolute atomic E-state index is 14.0. The smallest absolute Gasteiger partial charge is 0.406 e.